The first kappa shape index (κ1) is 13.5. The van der Waals surface area contributed by atoms with Gasteiger partial charge < -0.3 is 9.64 Å². The molecule has 1 amide bonds. The molecule has 0 spiro atoms. The van der Waals surface area contributed by atoms with Gasteiger partial charge in [-0.3, -0.25) is 9.69 Å². The monoisotopic (exact) mass is 228 g/mol. The Bertz CT molecular complexity index is 213. The van der Waals surface area contributed by atoms with Gasteiger partial charge in [-0.1, -0.05) is 6.92 Å². The molecule has 94 valence electrons. The number of piperazine rings is 1. The topological polar surface area (TPSA) is 32.8 Å². The summed E-state index contributed by atoms with van der Waals surface area (Å²) in [6.45, 7) is 10.9. The van der Waals surface area contributed by atoms with Crippen LogP contribution in [0.1, 0.15) is 27.2 Å². The lowest BCUT2D eigenvalue weighted by Gasteiger charge is -2.37. The fraction of sp³-hybridized carbons (Fsp3) is 0.917. The summed E-state index contributed by atoms with van der Waals surface area (Å²) in [5.74, 6) is 0.130. The van der Waals surface area contributed by atoms with E-state index >= 15 is 0 Å². The van der Waals surface area contributed by atoms with Crippen molar-refractivity contribution >= 4 is 5.91 Å². The van der Waals surface area contributed by atoms with Gasteiger partial charge in [0.1, 0.15) is 6.61 Å². The van der Waals surface area contributed by atoms with Gasteiger partial charge in [0, 0.05) is 38.8 Å². The molecule has 0 radical (unpaired) electrons. The molecule has 0 bridgehead atoms. The van der Waals surface area contributed by atoms with Crippen molar-refractivity contribution in [3.05, 3.63) is 0 Å². The highest BCUT2D eigenvalue weighted by molar-refractivity contribution is 5.77. The van der Waals surface area contributed by atoms with Crippen LogP contribution < -0.4 is 0 Å². The predicted octanol–water partition coefficient (Wildman–Crippen LogP) is 0.966. The molecule has 1 aliphatic rings. The van der Waals surface area contributed by atoms with Crippen molar-refractivity contribution in [1.29, 1.82) is 0 Å². The van der Waals surface area contributed by atoms with Gasteiger partial charge in [-0.25, -0.2) is 0 Å². The zero-order chi connectivity index (χ0) is 12.0. The molecule has 0 aliphatic carbocycles. The maximum atomic E-state index is 11.7. The first-order valence-corrected chi connectivity index (χ1v) is 6.28. The number of nitrogens with zero attached hydrogens (tertiary/aromatic N) is 2. The van der Waals surface area contributed by atoms with Crippen LogP contribution in [0, 0.1) is 0 Å². The van der Waals surface area contributed by atoms with Crippen molar-refractivity contribution in [2.45, 2.75) is 33.2 Å². The molecule has 1 unspecified atom stereocenters. The third-order valence-corrected chi connectivity index (χ3v) is 3.31. The number of hydrogen-bond acceptors (Lipinski definition) is 3. The average Bonchev–Trinajstić information content (AvgIpc) is 2.35. The molecule has 1 saturated heterocycles. The Balaban J connectivity index is 2.28. The Labute approximate surface area is 98.5 Å². The molecular formula is C12H24N2O2. The van der Waals surface area contributed by atoms with Crippen LogP contribution in [0.25, 0.3) is 0 Å². The van der Waals surface area contributed by atoms with E-state index in [0.717, 1.165) is 26.2 Å². The fourth-order valence-corrected chi connectivity index (χ4v) is 1.95. The zero-order valence-corrected chi connectivity index (χ0v) is 10.7. The van der Waals surface area contributed by atoms with Crippen LogP contribution in [-0.2, 0) is 9.53 Å². The molecule has 4 heteroatoms. The molecule has 1 rings (SSSR count). The summed E-state index contributed by atoms with van der Waals surface area (Å²) in [4.78, 5) is 16.0. The number of ether oxygens (including phenoxy) is 1. The van der Waals surface area contributed by atoms with E-state index in [9.17, 15) is 4.79 Å². The van der Waals surface area contributed by atoms with E-state index in [1.165, 1.54) is 6.42 Å². The van der Waals surface area contributed by atoms with Crippen LogP contribution in [0.4, 0.5) is 0 Å². The maximum absolute atomic E-state index is 11.7. The minimum atomic E-state index is 0.130. The molecule has 1 atom stereocenters. The quantitative estimate of drug-likeness (QED) is 0.703. The van der Waals surface area contributed by atoms with Gasteiger partial charge in [0.2, 0.25) is 5.91 Å². The van der Waals surface area contributed by atoms with E-state index in [2.05, 4.69) is 18.7 Å². The lowest BCUT2D eigenvalue weighted by molar-refractivity contribution is -0.138. The first-order valence-electron chi connectivity index (χ1n) is 6.28. The van der Waals surface area contributed by atoms with Gasteiger partial charge in [-0.2, -0.15) is 0 Å². The van der Waals surface area contributed by atoms with Crippen LogP contribution in [0.2, 0.25) is 0 Å². The predicted molar refractivity (Wildman–Crippen MR) is 64.4 cm³/mol. The zero-order valence-electron chi connectivity index (χ0n) is 10.7. The molecule has 16 heavy (non-hydrogen) atoms. The maximum Gasteiger partial charge on any atom is 0.248 e. The summed E-state index contributed by atoms with van der Waals surface area (Å²) in [6, 6.07) is 0.629. The second-order valence-corrected chi connectivity index (χ2v) is 4.31. The van der Waals surface area contributed by atoms with Crippen LogP contribution in [-0.4, -0.2) is 61.1 Å². The third-order valence-electron chi connectivity index (χ3n) is 3.31. The second-order valence-electron chi connectivity index (χ2n) is 4.31. The highest BCUT2D eigenvalue weighted by Gasteiger charge is 2.22. The van der Waals surface area contributed by atoms with Crippen molar-refractivity contribution < 1.29 is 9.53 Å². The normalized spacial score (nSPS) is 19.8. The van der Waals surface area contributed by atoms with E-state index in [1.807, 2.05) is 11.8 Å². The Hall–Kier alpha value is -0.610. The number of hydrogen-bond donors (Lipinski definition) is 0. The average molecular weight is 228 g/mol. The molecule has 0 saturated carbocycles. The van der Waals surface area contributed by atoms with E-state index in [4.69, 9.17) is 4.74 Å². The minimum Gasteiger partial charge on any atom is -0.372 e. The van der Waals surface area contributed by atoms with Gasteiger partial charge in [0.05, 0.1) is 0 Å². The molecule has 0 N–H and O–H groups in total. The Morgan fingerprint density at radius 3 is 2.38 bits per heavy atom. The molecule has 0 aromatic rings. The van der Waals surface area contributed by atoms with Crippen molar-refractivity contribution in [2.75, 3.05) is 39.4 Å². The standard InChI is InChI=1S/C12H24N2O2/c1-4-11(3)13-6-8-14(9-7-13)12(15)10-16-5-2/h11H,4-10H2,1-3H3. The van der Waals surface area contributed by atoms with Gasteiger partial charge in [0.25, 0.3) is 0 Å². The lowest BCUT2D eigenvalue weighted by Crippen LogP contribution is -2.52. The third kappa shape index (κ3) is 3.76. The van der Waals surface area contributed by atoms with Crippen molar-refractivity contribution in [1.82, 2.24) is 9.80 Å². The summed E-state index contributed by atoms with van der Waals surface area (Å²) < 4.78 is 5.14. The molecule has 0 aromatic carbocycles. The van der Waals surface area contributed by atoms with Gasteiger partial charge in [-0.05, 0) is 20.3 Å². The van der Waals surface area contributed by atoms with Crippen LogP contribution in [0.3, 0.4) is 0 Å². The van der Waals surface area contributed by atoms with Gasteiger partial charge >= 0.3 is 0 Å². The molecule has 1 fully saturated rings. The van der Waals surface area contributed by atoms with E-state index in [-0.39, 0.29) is 12.5 Å². The lowest BCUT2D eigenvalue weighted by atomic mass is 10.2. The fourth-order valence-electron chi connectivity index (χ4n) is 1.95. The van der Waals surface area contributed by atoms with Crippen molar-refractivity contribution in [2.24, 2.45) is 0 Å². The number of rotatable bonds is 5. The van der Waals surface area contributed by atoms with Crippen molar-refractivity contribution in [3.8, 4) is 0 Å². The highest BCUT2D eigenvalue weighted by Crippen LogP contribution is 2.08. The van der Waals surface area contributed by atoms with E-state index in [0.29, 0.717) is 12.6 Å². The van der Waals surface area contributed by atoms with Crippen LogP contribution in [0.5, 0.6) is 0 Å². The summed E-state index contributed by atoms with van der Waals surface area (Å²) in [5, 5.41) is 0. The van der Waals surface area contributed by atoms with Crippen LogP contribution in [0.15, 0.2) is 0 Å². The van der Waals surface area contributed by atoms with Crippen molar-refractivity contribution in [3.63, 3.8) is 0 Å². The number of carbonyl (C=O) groups excluding carboxylic acids is 1. The SMILES string of the molecule is CCOCC(=O)N1CCN(C(C)CC)CC1. The summed E-state index contributed by atoms with van der Waals surface area (Å²) in [7, 11) is 0. The van der Waals surface area contributed by atoms with Gasteiger partial charge in [-0.15, -0.1) is 0 Å². The summed E-state index contributed by atoms with van der Waals surface area (Å²) in [6.07, 6.45) is 1.17. The number of amides is 1. The summed E-state index contributed by atoms with van der Waals surface area (Å²) >= 11 is 0. The Morgan fingerprint density at radius 1 is 1.25 bits per heavy atom. The largest absolute Gasteiger partial charge is 0.372 e. The summed E-state index contributed by atoms with van der Waals surface area (Å²) in [5.41, 5.74) is 0. The second kappa shape index (κ2) is 6.86. The first-order chi connectivity index (χ1) is 7.69. The molecule has 0 aromatic heterocycles. The van der Waals surface area contributed by atoms with Crippen LogP contribution >= 0.6 is 0 Å². The van der Waals surface area contributed by atoms with E-state index < -0.39 is 0 Å². The Kier molecular flexibility index (Phi) is 5.77. The Morgan fingerprint density at radius 2 is 1.88 bits per heavy atom. The number of carbonyl (C=O) groups is 1. The molecule has 4 nitrogen and oxygen atoms in total. The van der Waals surface area contributed by atoms with Gasteiger partial charge in [0.15, 0.2) is 0 Å². The molecule has 1 aliphatic heterocycles. The highest BCUT2D eigenvalue weighted by atomic mass is 16.5. The molecule has 1 heterocycles. The molecular weight excluding hydrogens is 204 g/mol. The minimum absolute atomic E-state index is 0.130. The smallest absolute Gasteiger partial charge is 0.248 e. The van der Waals surface area contributed by atoms with E-state index in [1.54, 1.807) is 0 Å².